The van der Waals surface area contributed by atoms with Gasteiger partial charge in [-0.3, -0.25) is 0 Å². The molecule has 0 fully saturated rings. The Hall–Kier alpha value is -2.04. The van der Waals surface area contributed by atoms with Gasteiger partial charge in [-0.2, -0.15) is 0 Å². The second-order valence-electron chi connectivity index (χ2n) is 3.92. The van der Waals surface area contributed by atoms with Gasteiger partial charge in [0.1, 0.15) is 5.76 Å². The minimum Gasteiger partial charge on any atom is -0.465 e. The van der Waals surface area contributed by atoms with Gasteiger partial charge in [0.25, 0.3) is 0 Å². The number of nitrogens with zero attached hydrogens (tertiary/aromatic N) is 2. The molecule has 4 nitrogen and oxygen atoms in total. The predicted octanol–water partition coefficient (Wildman–Crippen LogP) is 4.81. The quantitative estimate of drug-likeness (QED) is 0.697. The lowest BCUT2D eigenvalue weighted by molar-refractivity contribution is 0.552. The van der Waals surface area contributed by atoms with Crippen molar-refractivity contribution in [1.82, 2.24) is 10.2 Å². The van der Waals surface area contributed by atoms with Crippen molar-refractivity contribution in [2.45, 2.75) is 0 Å². The Balaban J connectivity index is 1.86. The lowest BCUT2D eigenvalue weighted by Gasteiger charge is -1.98. The maximum absolute atomic E-state index is 6.09. The molecular formula is C14H8Cl2N2O2. The Labute approximate surface area is 124 Å². The zero-order chi connectivity index (χ0) is 13.9. The molecule has 0 N–H and O–H groups in total. The van der Waals surface area contributed by atoms with Crippen LogP contribution in [-0.4, -0.2) is 10.2 Å². The molecule has 3 aromatic rings. The average Bonchev–Trinajstić information content (AvgIpc) is 3.07. The Kier molecular flexibility index (Phi) is 3.58. The van der Waals surface area contributed by atoms with Crippen LogP contribution in [0.15, 0.2) is 45.4 Å². The van der Waals surface area contributed by atoms with Gasteiger partial charge in [0, 0.05) is 11.1 Å². The van der Waals surface area contributed by atoms with Gasteiger partial charge in [-0.25, -0.2) is 0 Å². The molecule has 6 heteroatoms. The van der Waals surface area contributed by atoms with Crippen LogP contribution in [0.3, 0.4) is 0 Å². The summed E-state index contributed by atoms with van der Waals surface area (Å²) in [7, 11) is 0. The van der Waals surface area contributed by atoms with E-state index in [0.29, 0.717) is 33.2 Å². The van der Waals surface area contributed by atoms with Gasteiger partial charge in [0.15, 0.2) is 0 Å². The number of rotatable bonds is 3. The van der Waals surface area contributed by atoms with Crippen LogP contribution >= 0.6 is 23.2 Å². The first-order valence-corrected chi connectivity index (χ1v) is 6.48. The van der Waals surface area contributed by atoms with Crippen LogP contribution in [0.2, 0.25) is 10.0 Å². The number of benzene rings is 1. The smallest absolute Gasteiger partial charge is 0.249 e. The van der Waals surface area contributed by atoms with E-state index in [1.54, 1.807) is 42.7 Å². The molecule has 100 valence electrons. The van der Waals surface area contributed by atoms with Crippen molar-refractivity contribution in [3.05, 3.63) is 58.3 Å². The van der Waals surface area contributed by atoms with Crippen LogP contribution in [0, 0.1) is 0 Å². The third-order valence-corrected chi connectivity index (χ3v) is 3.08. The van der Waals surface area contributed by atoms with Crippen LogP contribution in [0.25, 0.3) is 23.6 Å². The van der Waals surface area contributed by atoms with E-state index in [1.807, 2.05) is 6.07 Å². The summed E-state index contributed by atoms with van der Waals surface area (Å²) in [5, 5.41) is 8.88. The second-order valence-corrected chi connectivity index (χ2v) is 4.76. The van der Waals surface area contributed by atoms with Crippen LogP contribution in [-0.2, 0) is 0 Å². The van der Waals surface area contributed by atoms with Gasteiger partial charge in [-0.05, 0) is 36.4 Å². The maximum atomic E-state index is 6.09. The van der Waals surface area contributed by atoms with Crippen molar-refractivity contribution in [1.29, 1.82) is 0 Å². The molecule has 0 saturated carbocycles. The summed E-state index contributed by atoms with van der Waals surface area (Å²) in [6.45, 7) is 0. The highest BCUT2D eigenvalue weighted by Crippen LogP contribution is 2.29. The van der Waals surface area contributed by atoms with Gasteiger partial charge in [-0.1, -0.05) is 23.2 Å². The minimum absolute atomic E-state index is 0.339. The molecule has 2 aromatic heterocycles. The molecule has 0 atom stereocenters. The van der Waals surface area contributed by atoms with Crippen LogP contribution in [0.5, 0.6) is 0 Å². The largest absolute Gasteiger partial charge is 0.465 e. The minimum atomic E-state index is 0.339. The van der Waals surface area contributed by atoms with Crippen molar-refractivity contribution < 1.29 is 8.83 Å². The van der Waals surface area contributed by atoms with E-state index in [0.717, 1.165) is 0 Å². The zero-order valence-corrected chi connectivity index (χ0v) is 11.6. The monoisotopic (exact) mass is 306 g/mol. The molecule has 0 saturated heterocycles. The van der Waals surface area contributed by atoms with Gasteiger partial charge in [0.05, 0.1) is 16.8 Å². The molecule has 0 spiro atoms. The highest BCUT2D eigenvalue weighted by molar-refractivity contribution is 6.36. The first-order valence-electron chi connectivity index (χ1n) is 5.73. The van der Waals surface area contributed by atoms with E-state index in [1.165, 1.54) is 0 Å². The van der Waals surface area contributed by atoms with E-state index < -0.39 is 0 Å². The average molecular weight is 307 g/mol. The van der Waals surface area contributed by atoms with Crippen molar-refractivity contribution in [3.63, 3.8) is 0 Å². The maximum Gasteiger partial charge on any atom is 0.249 e. The summed E-state index contributed by atoms with van der Waals surface area (Å²) in [4.78, 5) is 0. The Morgan fingerprint density at radius 2 is 1.95 bits per heavy atom. The normalized spacial score (nSPS) is 11.3. The summed E-state index contributed by atoms with van der Waals surface area (Å²) in [6, 6.07) is 8.70. The van der Waals surface area contributed by atoms with Gasteiger partial charge in [0.2, 0.25) is 11.8 Å². The standard InChI is InChI=1S/C14H8Cl2N2O2/c15-9-3-5-11(12(16)8-9)14-18-17-13(20-14)6-4-10-2-1-7-19-10/h1-8H. The Bertz CT molecular complexity index is 748. The molecule has 1 aromatic carbocycles. The Morgan fingerprint density at radius 1 is 1.05 bits per heavy atom. The Morgan fingerprint density at radius 3 is 2.70 bits per heavy atom. The number of hydrogen-bond donors (Lipinski definition) is 0. The number of hydrogen-bond acceptors (Lipinski definition) is 4. The van der Waals surface area contributed by atoms with Gasteiger partial charge in [-0.15, -0.1) is 10.2 Å². The molecule has 0 aliphatic rings. The molecule has 0 radical (unpaired) electrons. The van der Waals surface area contributed by atoms with E-state index in [4.69, 9.17) is 32.0 Å². The number of furan rings is 1. The summed E-state index contributed by atoms with van der Waals surface area (Å²) in [5.41, 5.74) is 0.640. The first kappa shape index (κ1) is 13.0. The fraction of sp³-hybridized carbons (Fsp3) is 0. The highest BCUT2D eigenvalue weighted by Gasteiger charge is 2.11. The van der Waals surface area contributed by atoms with Gasteiger partial charge < -0.3 is 8.83 Å². The van der Waals surface area contributed by atoms with Crippen LogP contribution < -0.4 is 0 Å². The number of halogens is 2. The third kappa shape index (κ3) is 2.76. The molecule has 0 bridgehead atoms. The van der Waals surface area contributed by atoms with E-state index in [9.17, 15) is 0 Å². The van der Waals surface area contributed by atoms with Gasteiger partial charge >= 0.3 is 0 Å². The van der Waals surface area contributed by atoms with Crippen molar-refractivity contribution in [3.8, 4) is 11.5 Å². The molecule has 3 rings (SSSR count). The lowest BCUT2D eigenvalue weighted by Crippen LogP contribution is -1.79. The summed E-state index contributed by atoms with van der Waals surface area (Å²) < 4.78 is 10.7. The van der Waals surface area contributed by atoms with E-state index in [-0.39, 0.29) is 0 Å². The first-order chi connectivity index (χ1) is 9.72. The number of aromatic nitrogens is 2. The summed E-state index contributed by atoms with van der Waals surface area (Å²) >= 11 is 11.9. The fourth-order valence-electron chi connectivity index (χ4n) is 1.61. The molecular weight excluding hydrogens is 299 g/mol. The second kappa shape index (κ2) is 5.53. The molecule has 0 unspecified atom stereocenters. The highest BCUT2D eigenvalue weighted by atomic mass is 35.5. The SMILES string of the molecule is Clc1ccc(-c2nnc(C=Cc3ccco3)o2)c(Cl)c1. The van der Waals surface area contributed by atoms with Crippen molar-refractivity contribution in [2.75, 3.05) is 0 Å². The van der Waals surface area contributed by atoms with Crippen LogP contribution in [0.1, 0.15) is 11.7 Å². The fourth-order valence-corrected chi connectivity index (χ4v) is 2.10. The lowest BCUT2D eigenvalue weighted by atomic mass is 10.2. The van der Waals surface area contributed by atoms with E-state index in [2.05, 4.69) is 10.2 Å². The van der Waals surface area contributed by atoms with E-state index >= 15 is 0 Å². The predicted molar refractivity (Wildman–Crippen MR) is 77.4 cm³/mol. The third-order valence-electron chi connectivity index (χ3n) is 2.54. The molecule has 0 aliphatic heterocycles. The summed E-state index contributed by atoms with van der Waals surface area (Å²) in [5.74, 6) is 1.41. The molecule has 0 aliphatic carbocycles. The summed E-state index contributed by atoms with van der Waals surface area (Å²) in [6.07, 6.45) is 4.99. The van der Waals surface area contributed by atoms with Crippen molar-refractivity contribution >= 4 is 35.4 Å². The molecule has 0 amide bonds. The zero-order valence-electron chi connectivity index (χ0n) is 10.1. The molecule has 20 heavy (non-hydrogen) atoms. The molecule has 2 heterocycles. The topological polar surface area (TPSA) is 52.1 Å². The van der Waals surface area contributed by atoms with Crippen LogP contribution in [0.4, 0.5) is 0 Å². The van der Waals surface area contributed by atoms with Crippen molar-refractivity contribution in [2.24, 2.45) is 0 Å².